The van der Waals surface area contributed by atoms with Gasteiger partial charge in [0.1, 0.15) is 11.5 Å². The third-order valence-corrected chi connectivity index (χ3v) is 3.92. The van der Waals surface area contributed by atoms with Crippen LogP contribution in [0.25, 0.3) is 0 Å². The van der Waals surface area contributed by atoms with Crippen molar-refractivity contribution in [3.8, 4) is 11.5 Å². The Bertz CT molecular complexity index is 742. The molecule has 6 heteroatoms. The van der Waals surface area contributed by atoms with Gasteiger partial charge < -0.3 is 9.84 Å². The molecule has 0 aliphatic carbocycles. The lowest BCUT2D eigenvalue weighted by atomic mass is 10.1. The average molecular weight is 391 g/mol. The van der Waals surface area contributed by atoms with Crippen LogP contribution in [-0.4, -0.2) is 23.3 Å². The van der Waals surface area contributed by atoms with Crippen molar-refractivity contribution >= 4 is 27.5 Å². The van der Waals surface area contributed by atoms with Gasteiger partial charge in [0.2, 0.25) is 0 Å². The lowest BCUT2D eigenvalue weighted by Gasteiger charge is -2.09. The minimum absolute atomic E-state index is 0.127. The Hall–Kier alpha value is -2.34. The second-order valence-electron chi connectivity index (χ2n) is 5.22. The van der Waals surface area contributed by atoms with Crippen molar-refractivity contribution in [2.24, 2.45) is 5.10 Å². The number of aromatic hydroxyl groups is 1. The standard InChI is InChI=1S/C18H19BrN2O3/c1-3-16(13-5-7-14(22)8-6-13)20-21-18(23)11-24-17-9-4-12(2)10-15(17)19/h4-10,22H,3,11H2,1-2H3,(H,21,23). The third kappa shape index (κ3) is 5.09. The minimum atomic E-state index is -0.341. The molecule has 0 aliphatic heterocycles. The van der Waals surface area contributed by atoms with Crippen LogP contribution >= 0.6 is 15.9 Å². The van der Waals surface area contributed by atoms with E-state index < -0.39 is 0 Å². The van der Waals surface area contributed by atoms with Gasteiger partial charge >= 0.3 is 0 Å². The Morgan fingerprint density at radius 1 is 1.25 bits per heavy atom. The molecule has 1 amide bonds. The van der Waals surface area contributed by atoms with Crippen molar-refractivity contribution in [3.63, 3.8) is 0 Å². The van der Waals surface area contributed by atoms with Gasteiger partial charge in [-0.05, 0) is 76.8 Å². The van der Waals surface area contributed by atoms with Gasteiger partial charge in [0, 0.05) is 0 Å². The highest BCUT2D eigenvalue weighted by Gasteiger charge is 2.07. The second kappa shape index (κ2) is 8.49. The summed E-state index contributed by atoms with van der Waals surface area (Å²) in [5.74, 6) is 0.455. The Labute approximate surface area is 149 Å². The van der Waals surface area contributed by atoms with Crippen LogP contribution in [0.4, 0.5) is 0 Å². The first-order chi connectivity index (χ1) is 11.5. The summed E-state index contributed by atoms with van der Waals surface area (Å²) >= 11 is 3.40. The molecule has 0 heterocycles. The van der Waals surface area contributed by atoms with Crippen LogP contribution < -0.4 is 10.2 Å². The van der Waals surface area contributed by atoms with E-state index in [4.69, 9.17) is 4.74 Å². The molecule has 0 saturated carbocycles. The number of aryl methyl sites for hydroxylation is 1. The van der Waals surface area contributed by atoms with E-state index in [9.17, 15) is 9.90 Å². The number of phenols is 1. The fourth-order valence-corrected chi connectivity index (χ4v) is 2.64. The third-order valence-electron chi connectivity index (χ3n) is 3.30. The van der Waals surface area contributed by atoms with Crippen molar-refractivity contribution in [3.05, 3.63) is 58.1 Å². The molecule has 0 aromatic heterocycles. The van der Waals surface area contributed by atoms with Crippen LogP contribution in [0.15, 0.2) is 52.0 Å². The van der Waals surface area contributed by atoms with Crippen molar-refractivity contribution in [2.75, 3.05) is 6.61 Å². The zero-order chi connectivity index (χ0) is 17.5. The first-order valence-corrected chi connectivity index (χ1v) is 8.32. The number of halogens is 1. The molecular weight excluding hydrogens is 372 g/mol. The largest absolute Gasteiger partial charge is 0.508 e. The zero-order valence-corrected chi connectivity index (χ0v) is 15.1. The predicted octanol–water partition coefficient (Wildman–Crippen LogP) is 3.77. The van der Waals surface area contributed by atoms with E-state index in [2.05, 4.69) is 26.5 Å². The Morgan fingerprint density at radius 3 is 2.58 bits per heavy atom. The fraction of sp³-hybridized carbons (Fsp3) is 0.222. The van der Waals surface area contributed by atoms with Gasteiger partial charge in [-0.1, -0.05) is 13.0 Å². The number of rotatable bonds is 6. The number of hydrogen-bond donors (Lipinski definition) is 2. The molecule has 126 valence electrons. The SMILES string of the molecule is CCC(=NNC(=O)COc1ccc(C)cc1Br)c1ccc(O)cc1. The quantitative estimate of drug-likeness (QED) is 0.582. The van der Waals surface area contributed by atoms with Crippen molar-refractivity contribution < 1.29 is 14.6 Å². The van der Waals surface area contributed by atoms with Crippen LogP contribution in [0.2, 0.25) is 0 Å². The van der Waals surface area contributed by atoms with Gasteiger partial charge in [-0.2, -0.15) is 5.10 Å². The van der Waals surface area contributed by atoms with Gasteiger partial charge in [0.25, 0.3) is 5.91 Å². The first-order valence-electron chi connectivity index (χ1n) is 7.53. The maximum absolute atomic E-state index is 11.9. The molecule has 0 radical (unpaired) electrons. The van der Waals surface area contributed by atoms with Crippen LogP contribution in [-0.2, 0) is 4.79 Å². The molecule has 0 atom stereocenters. The molecule has 0 aliphatic rings. The molecule has 2 aromatic carbocycles. The van der Waals surface area contributed by atoms with E-state index in [1.165, 1.54) is 0 Å². The smallest absolute Gasteiger partial charge is 0.277 e. The maximum atomic E-state index is 11.9. The number of benzene rings is 2. The van der Waals surface area contributed by atoms with E-state index in [1.807, 2.05) is 32.0 Å². The second-order valence-corrected chi connectivity index (χ2v) is 6.07. The van der Waals surface area contributed by atoms with Crippen LogP contribution in [0.5, 0.6) is 11.5 Å². The normalized spacial score (nSPS) is 11.2. The summed E-state index contributed by atoms with van der Waals surface area (Å²) in [5.41, 5.74) is 5.16. The van der Waals surface area contributed by atoms with E-state index >= 15 is 0 Å². The van der Waals surface area contributed by atoms with Gasteiger partial charge in [-0.25, -0.2) is 5.43 Å². The molecule has 0 fully saturated rings. The highest BCUT2D eigenvalue weighted by molar-refractivity contribution is 9.10. The molecule has 5 nitrogen and oxygen atoms in total. The van der Waals surface area contributed by atoms with Gasteiger partial charge in [-0.15, -0.1) is 0 Å². The number of carbonyl (C=O) groups is 1. The number of hydrogen-bond acceptors (Lipinski definition) is 4. The topological polar surface area (TPSA) is 70.9 Å². The predicted molar refractivity (Wildman–Crippen MR) is 97.5 cm³/mol. The number of ether oxygens (including phenoxy) is 1. The summed E-state index contributed by atoms with van der Waals surface area (Å²) in [6, 6.07) is 12.3. The lowest BCUT2D eigenvalue weighted by molar-refractivity contribution is -0.123. The van der Waals surface area contributed by atoms with E-state index in [-0.39, 0.29) is 18.3 Å². The number of nitrogens with zero attached hydrogens (tertiary/aromatic N) is 1. The summed E-state index contributed by atoms with van der Waals surface area (Å²) in [6.45, 7) is 3.79. The van der Waals surface area contributed by atoms with Crippen molar-refractivity contribution in [1.82, 2.24) is 5.43 Å². The zero-order valence-electron chi connectivity index (χ0n) is 13.5. The summed E-state index contributed by atoms with van der Waals surface area (Å²) in [5, 5.41) is 13.5. The average Bonchev–Trinajstić information content (AvgIpc) is 2.56. The Morgan fingerprint density at radius 2 is 1.96 bits per heavy atom. The number of carbonyl (C=O) groups excluding carboxylic acids is 1. The van der Waals surface area contributed by atoms with Crippen LogP contribution in [0.1, 0.15) is 24.5 Å². The Balaban J connectivity index is 1.94. The number of nitrogens with one attached hydrogen (secondary N) is 1. The van der Waals surface area contributed by atoms with Gasteiger partial charge in [0.05, 0.1) is 10.2 Å². The van der Waals surface area contributed by atoms with Gasteiger partial charge in [0.15, 0.2) is 6.61 Å². The molecule has 24 heavy (non-hydrogen) atoms. The van der Waals surface area contributed by atoms with Crippen molar-refractivity contribution in [1.29, 1.82) is 0 Å². The first kappa shape index (κ1) is 18.0. The molecule has 0 spiro atoms. The van der Waals surface area contributed by atoms with Crippen molar-refractivity contribution in [2.45, 2.75) is 20.3 Å². The number of hydrazone groups is 1. The molecule has 0 saturated heterocycles. The molecule has 2 N–H and O–H groups in total. The summed E-state index contributed by atoms with van der Waals surface area (Å²) in [7, 11) is 0. The number of phenolic OH excluding ortho intramolecular Hbond substituents is 1. The van der Waals surface area contributed by atoms with E-state index in [0.29, 0.717) is 12.2 Å². The molecule has 0 bridgehead atoms. The molecule has 2 aromatic rings. The number of amides is 1. The monoisotopic (exact) mass is 390 g/mol. The maximum Gasteiger partial charge on any atom is 0.277 e. The minimum Gasteiger partial charge on any atom is -0.508 e. The lowest BCUT2D eigenvalue weighted by Crippen LogP contribution is -2.26. The van der Waals surface area contributed by atoms with E-state index in [1.54, 1.807) is 24.3 Å². The highest BCUT2D eigenvalue weighted by Crippen LogP contribution is 2.25. The molecule has 2 rings (SSSR count). The molecule has 0 unspecified atom stereocenters. The fourth-order valence-electron chi connectivity index (χ4n) is 2.03. The van der Waals surface area contributed by atoms with Crippen LogP contribution in [0.3, 0.4) is 0 Å². The highest BCUT2D eigenvalue weighted by atomic mass is 79.9. The van der Waals surface area contributed by atoms with Crippen LogP contribution in [0, 0.1) is 6.92 Å². The summed E-state index contributed by atoms with van der Waals surface area (Å²) in [6.07, 6.45) is 0.648. The summed E-state index contributed by atoms with van der Waals surface area (Å²) in [4.78, 5) is 11.9. The summed E-state index contributed by atoms with van der Waals surface area (Å²) < 4.78 is 6.28. The van der Waals surface area contributed by atoms with E-state index in [0.717, 1.165) is 21.3 Å². The Kier molecular flexibility index (Phi) is 6.37. The van der Waals surface area contributed by atoms with Gasteiger partial charge in [-0.3, -0.25) is 4.79 Å². The molecular formula is C18H19BrN2O3.